The van der Waals surface area contributed by atoms with Gasteiger partial charge in [-0.05, 0) is 24.3 Å². The molecule has 0 spiro atoms. The Morgan fingerprint density at radius 1 is 0.900 bits per heavy atom. The third-order valence-electron chi connectivity index (χ3n) is 2.75. The molecule has 20 heavy (non-hydrogen) atoms. The maximum atomic E-state index is 13.3. The van der Waals surface area contributed by atoms with Crippen LogP contribution in [-0.4, -0.2) is 9.97 Å². The van der Waals surface area contributed by atoms with Crippen LogP contribution in [0.2, 0.25) is 10.2 Å². The van der Waals surface area contributed by atoms with Crippen molar-refractivity contribution in [3.05, 3.63) is 58.2 Å². The summed E-state index contributed by atoms with van der Waals surface area (Å²) in [5.74, 6) is -1.30. The van der Waals surface area contributed by atoms with E-state index in [0.717, 1.165) is 18.2 Å². The summed E-state index contributed by atoms with van der Waals surface area (Å²) in [5.41, 5.74) is 0.639. The molecule has 0 aliphatic carbocycles. The van der Waals surface area contributed by atoms with E-state index in [1.165, 1.54) is 0 Å². The first-order valence-electron chi connectivity index (χ1n) is 5.63. The van der Waals surface area contributed by atoms with Gasteiger partial charge in [0.25, 0.3) is 0 Å². The number of fused-ring (bicyclic) bond motifs is 1. The highest BCUT2D eigenvalue weighted by Gasteiger charge is 2.11. The van der Waals surface area contributed by atoms with E-state index in [4.69, 9.17) is 23.2 Å². The van der Waals surface area contributed by atoms with Crippen molar-refractivity contribution < 1.29 is 8.78 Å². The SMILES string of the molecule is Fc1cc(F)cc(-c2nc(Cl)c3cccc(Cl)c3n2)c1. The Hall–Kier alpha value is -1.78. The van der Waals surface area contributed by atoms with Crippen LogP contribution in [0.1, 0.15) is 0 Å². The first-order chi connectivity index (χ1) is 9.54. The van der Waals surface area contributed by atoms with Crippen molar-refractivity contribution in [1.29, 1.82) is 0 Å². The standard InChI is InChI=1S/C14H6Cl2F2N2/c15-11-3-1-2-10-12(11)19-14(20-13(10)16)7-4-8(17)6-9(18)5-7/h1-6H. The molecule has 3 aromatic rings. The molecule has 100 valence electrons. The summed E-state index contributed by atoms with van der Waals surface area (Å²) < 4.78 is 26.5. The van der Waals surface area contributed by atoms with Gasteiger partial charge in [-0.1, -0.05) is 29.3 Å². The van der Waals surface area contributed by atoms with Gasteiger partial charge in [-0.15, -0.1) is 0 Å². The molecule has 3 rings (SSSR count). The Bertz CT molecular complexity index is 801. The largest absolute Gasteiger partial charge is 0.226 e. The molecule has 2 aromatic carbocycles. The summed E-state index contributed by atoms with van der Waals surface area (Å²) in [6, 6.07) is 8.15. The highest BCUT2D eigenvalue weighted by molar-refractivity contribution is 6.38. The summed E-state index contributed by atoms with van der Waals surface area (Å²) in [6.07, 6.45) is 0. The van der Waals surface area contributed by atoms with Gasteiger partial charge in [0.2, 0.25) is 0 Å². The molecule has 0 atom stereocenters. The van der Waals surface area contributed by atoms with Crippen LogP contribution in [0.4, 0.5) is 8.78 Å². The lowest BCUT2D eigenvalue weighted by molar-refractivity contribution is 0.584. The van der Waals surface area contributed by atoms with Crippen LogP contribution in [-0.2, 0) is 0 Å². The number of benzene rings is 2. The van der Waals surface area contributed by atoms with Gasteiger partial charge in [0.15, 0.2) is 5.82 Å². The molecule has 0 N–H and O–H groups in total. The second-order valence-electron chi connectivity index (χ2n) is 4.13. The Morgan fingerprint density at radius 3 is 2.30 bits per heavy atom. The van der Waals surface area contributed by atoms with Gasteiger partial charge < -0.3 is 0 Å². The van der Waals surface area contributed by atoms with Crippen molar-refractivity contribution in [3.8, 4) is 11.4 Å². The minimum absolute atomic E-state index is 0.119. The van der Waals surface area contributed by atoms with Crippen molar-refractivity contribution in [3.63, 3.8) is 0 Å². The summed E-state index contributed by atoms with van der Waals surface area (Å²) in [7, 11) is 0. The monoisotopic (exact) mass is 310 g/mol. The van der Waals surface area contributed by atoms with Crippen LogP contribution in [0.15, 0.2) is 36.4 Å². The maximum Gasteiger partial charge on any atom is 0.161 e. The molecule has 2 nitrogen and oxygen atoms in total. The number of hydrogen-bond acceptors (Lipinski definition) is 2. The molecule has 0 aliphatic rings. The molecular weight excluding hydrogens is 305 g/mol. The molecule has 0 fully saturated rings. The Labute approximate surface area is 123 Å². The zero-order valence-electron chi connectivity index (χ0n) is 9.87. The van der Waals surface area contributed by atoms with E-state index in [1.807, 2.05) is 0 Å². The van der Waals surface area contributed by atoms with Gasteiger partial charge in [0.1, 0.15) is 16.8 Å². The lowest BCUT2D eigenvalue weighted by atomic mass is 10.2. The lowest BCUT2D eigenvalue weighted by Gasteiger charge is -2.06. The normalized spacial score (nSPS) is 11.0. The minimum Gasteiger partial charge on any atom is -0.226 e. The first kappa shape index (κ1) is 13.2. The molecule has 0 radical (unpaired) electrons. The molecule has 0 unspecified atom stereocenters. The van der Waals surface area contributed by atoms with E-state index in [-0.39, 0.29) is 16.5 Å². The van der Waals surface area contributed by atoms with Crippen LogP contribution >= 0.6 is 23.2 Å². The van der Waals surface area contributed by atoms with Crippen molar-refractivity contribution in [2.75, 3.05) is 0 Å². The van der Waals surface area contributed by atoms with Gasteiger partial charge in [-0.3, -0.25) is 0 Å². The van der Waals surface area contributed by atoms with Crippen LogP contribution in [0.5, 0.6) is 0 Å². The number of halogens is 4. The summed E-state index contributed by atoms with van der Waals surface area (Å²) >= 11 is 12.1. The van der Waals surface area contributed by atoms with Crippen molar-refractivity contribution in [1.82, 2.24) is 9.97 Å². The Morgan fingerprint density at radius 2 is 1.60 bits per heavy atom. The first-order valence-corrected chi connectivity index (χ1v) is 6.38. The van der Waals surface area contributed by atoms with E-state index in [0.29, 0.717) is 15.9 Å². The molecule has 0 saturated heterocycles. The van der Waals surface area contributed by atoms with Crippen LogP contribution in [0.25, 0.3) is 22.3 Å². The fraction of sp³-hybridized carbons (Fsp3) is 0. The van der Waals surface area contributed by atoms with E-state index in [1.54, 1.807) is 18.2 Å². The lowest BCUT2D eigenvalue weighted by Crippen LogP contribution is -1.94. The fourth-order valence-electron chi connectivity index (χ4n) is 1.89. The molecule has 6 heteroatoms. The highest BCUT2D eigenvalue weighted by atomic mass is 35.5. The number of rotatable bonds is 1. The zero-order valence-corrected chi connectivity index (χ0v) is 11.4. The predicted octanol–water partition coefficient (Wildman–Crippen LogP) is 4.88. The van der Waals surface area contributed by atoms with E-state index >= 15 is 0 Å². The van der Waals surface area contributed by atoms with Crippen molar-refractivity contribution >= 4 is 34.1 Å². The van der Waals surface area contributed by atoms with Gasteiger partial charge >= 0.3 is 0 Å². The van der Waals surface area contributed by atoms with Crippen molar-refractivity contribution in [2.24, 2.45) is 0 Å². The molecule has 0 amide bonds. The smallest absolute Gasteiger partial charge is 0.161 e. The molecule has 1 aromatic heterocycles. The fourth-order valence-corrected chi connectivity index (χ4v) is 2.34. The van der Waals surface area contributed by atoms with Crippen LogP contribution in [0.3, 0.4) is 0 Å². The number of para-hydroxylation sites is 1. The topological polar surface area (TPSA) is 25.8 Å². The van der Waals surface area contributed by atoms with Gasteiger partial charge in [0.05, 0.1) is 10.5 Å². The molecule has 0 bridgehead atoms. The molecular formula is C14H6Cl2F2N2. The number of nitrogens with zero attached hydrogens (tertiary/aromatic N) is 2. The number of aromatic nitrogens is 2. The molecule has 0 saturated carbocycles. The van der Waals surface area contributed by atoms with Crippen LogP contribution in [0, 0.1) is 11.6 Å². The Kier molecular flexibility index (Phi) is 3.28. The second kappa shape index (κ2) is 4.96. The molecule has 0 aliphatic heterocycles. The minimum atomic E-state index is -0.709. The van der Waals surface area contributed by atoms with Crippen LogP contribution < -0.4 is 0 Å². The predicted molar refractivity (Wildman–Crippen MR) is 74.9 cm³/mol. The van der Waals surface area contributed by atoms with Gasteiger partial charge in [-0.25, -0.2) is 18.7 Å². The average Bonchev–Trinajstić information content (AvgIpc) is 2.38. The molecule has 1 heterocycles. The van der Waals surface area contributed by atoms with E-state index in [9.17, 15) is 8.78 Å². The van der Waals surface area contributed by atoms with Crippen molar-refractivity contribution in [2.45, 2.75) is 0 Å². The van der Waals surface area contributed by atoms with E-state index < -0.39 is 11.6 Å². The van der Waals surface area contributed by atoms with Gasteiger partial charge in [0, 0.05) is 17.0 Å². The quantitative estimate of drug-likeness (QED) is 0.598. The summed E-state index contributed by atoms with van der Waals surface area (Å²) in [6.45, 7) is 0. The third-order valence-corrected chi connectivity index (χ3v) is 3.34. The highest BCUT2D eigenvalue weighted by Crippen LogP contribution is 2.29. The average molecular weight is 311 g/mol. The summed E-state index contributed by atoms with van der Waals surface area (Å²) in [5, 5.41) is 1.15. The maximum absolute atomic E-state index is 13.3. The third kappa shape index (κ3) is 2.32. The second-order valence-corrected chi connectivity index (χ2v) is 4.90. The number of hydrogen-bond donors (Lipinski definition) is 0. The van der Waals surface area contributed by atoms with E-state index in [2.05, 4.69) is 9.97 Å². The zero-order chi connectivity index (χ0) is 14.3. The Balaban J connectivity index is 2.29. The van der Waals surface area contributed by atoms with Gasteiger partial charge in [-0.2, -0.15) is 0 Å². The summed E-state index contributed by atoms with van der Waals surface area (Å²) in [4.78, 5) is 8.28.